The summed E-state index contributed by atoms with van der Waals surface area (Å²) in [5.74, 6) is 1.01. The predicted molar refractivity (Wildman–Crippen MR) is 96.7 cm³/mol. The van der Waals surface area contributed by atoms with Crippen LogP contribution < -0.4 is 14.8 Å². The highest BCUT2D eigenvalue weighted by Crippen LogP contribution is 2.30. The van der Waals surface area contributed by atoms with E-state index in [0.29, 0.717) is 25.3 Å². The number of ether oxygens (including phenoxy) is 2. The van der Waals surface area contributed by atoms with Crippen molar-refractivity contribution < 1.29 is 18.7 Å². The van der Waals surface area contributed by atoms with Gasteiger partial charge in [-0.2, -0.15) is 0 Å². The number of halogens is 1. The average Bonchev–Trinajstić information content (AvgIpc) is 2.66. The number of benzene rings is 2. The van der Waals surface area contributed by atoms with Gasteiger partial charge in [0.2, 0.25) is 5.91 Å². The molecule has 26 heavy (non-hydrogen) atoms. The van der Waals surface area contributed by atoms with Gasteiger partial charge in [0.25, 0.3) is 0 Å². The molecule has 1 atom stereocenters. The maximum absolute atomic E-state index is 13.6. The van der Waals surface area contributed by atoms with Crippen LogP contribution >= 0.6 is 0 Å². The van der Waals surface area contributed by atoms with E-state index in [1.807, 2.05) is 36.1 Å². The number of amides is 1. The zero-order valence-corrected chi connectivity index (χ0v) is 14.8. The molecule has 2 aromatic carbocycles. The third kappa shape index (κ3) is 4.73. The Morgan fingerprint density at radius 2 is 1.92 bits per heavy atom. The van der Waals surface area contributed by atoms with Crippen molar-refractivity contribution in [1.82, 2.24) is 10.2 Å². The van der Waals surface area contributed by atoms with E-state index in [1.165, 1.54) is 6.07 Å². The Labute approximate surface area is 152 Å². The molecule has 0 bridgehead atoms. The van der Waals surface area contributed by atoms with E-state index >= 15 is 0 Å². The van der Waals surface area contributed by atoms with E-state index in [9.17, 15) is 9.18 Å². The van der Waals surface area contributed by atoms with Crippen molar-refractivity contribution in [2.24, 2.45) is 0 Å². The number of hydrogen-bond donors (Lipinski definition) is 1. The highest BCUT2D eigenvalue weighted by molar-refractivity contribution is 5.78. The number of nitrogens with one attached hydrogen (secondary N) is 1. The quantitative estimate of drug-likeness (QED) is 0.827. The molecule has 3 rings (SSSR count). The van der Waals surface area contributed by atoms with Crippen LogP contribution in [0.2, 0.25) is 0 Å². The van der Waals surface area contributed by atoms with Gasteiger partial charge in [0.1, 0.15) is 18.5 Å². The Morgan fingerprint density at radius 3 is 2.69 bits per heavy atom. The van der Waals surface area contributed by atoms with Crippen LogP contribution in [0.1, 0.15) is 12.5 Å². The van der Waals surface area contributed by atoms with Gasteiger partial charge in [-0.3, -0.25) is 9.69 Å². The van der Waals surface area contributed by atoms with Crippen LogP contribution in [0.15, 0.2) is 48.5 Å². The Morgan fingerprint density at radius 1 is 1.19 bits per heavy atom. The van der Waals surface area contributed by atoms with Crippen LogP contribution in [0.5, 0.6) is 11.5 Å². The first kappa shape index (κ1) is 18.2. The minimum Gasteiger partial charge on any atom is -0.486 e. The number of para-hydroxylation sites is 2. The van der Waals surface area contributed by atoms with E-state index in [1.54, 1.807) is 18.2 Å². The normalized spacial score (nSPS) is 15.7. The van der Waals surface area contributed by atoms with Crippen molar-refractivity contribution >= 4 is 5.91 Å². The minimum absolute atomic E-state index is 0.135. The largest absolute Gasteiger partial charge is 0.486 e. The first-order valence-electron chi connectivity index (χ1n) is 8.76. The van der Waals surface area contributed by atoms with Crippen molar-refractivity contribution in [2.75, 3.05) is 26.2 Å². The topological polar surface area (TPSA) is 50.8 Å². The molecule has 138 valence electrons. The number of rotatable bonds is 7. The van der Waals surface area contributed by atoms with Crippen LogP contribution in [0.4, 0.5) is 4.39 Å². The fourth-order valence-electron chi connectivity index (χ4n) is 2.84. The number of nitrogens with zero attached hydrogens (tertiary/aromatic N) is 1. The van der Waals surface area contributed by atoms with Crippen molar-refractivity contribution in [3.05, 3.63) is 59.9 Å². The molecule has 0 radical (unpaired) electrons. The summed E-state index contributed by atoms with van der Waals surface area (Å²) in [6, 6.07) is 14.0. The summed E-state index contributed by atoms with van der Waals surface area (Å²) in [5.41, 5.74) is 0.476. The van der Waals surface area contributed by atoms with Gasteiger partial charge in [-0.25, -0.2) is 4.39 Å². The highest BCUT2D eigenvalue weighted by Gasteiger charge is 2.23. The SMILES string of the molecule is CCN(CC(=O)NCc1ccccc1F)CC1COc2ccccc2O1. The first-order valence-corrected chi connectivity index (χ1v) is 8.76. The number of likely N-dealkylation sites (N-methyl/N-ethyl adjacent to an activating group) is 1. The number of fused-ring (bicyclic) bond motifs is 1. The van der Waals surface area contributed by atoms with Crippen LogP contribution in [0.3, 0.4) is 0 Å². The maximum Gasteiger partial charge on any atom is 0.234 e. The van der Waals surface area contributed by atoms with Crippen molar-refractivity contribution in [3.63, 3.8) is 0 Å². The zero-order chi connectivity index (χ0) is 18.4. The molecule has 1 aliphatic rings. The molecule has 1 heterocycles. The van der Waals surface area contributed by atoms with Gasteiger partial charge >= 0.3 is 0 Å². The van der Waals surface area contributed by atoms with Crippen LogP contribution in [0.25, 0.3) is 0 Å². The van der Waals surface area contributed by atoms with Crippen LogP contribution in [-0.2, 0) is 11.3 Å². The molecule has 1 N–H and O–H groups in total. The molecule has 1 amide bonds. The fraction of sp³-hybridized carbons (Fsp3) is 0.350. The molecule has 0 saturated heterocycles. The Balaban J connectivity index is 1.48. The molecule has 0 aliphatic carbocycles. The number of carbonyl (C=O) groups excluding carboxylic acids is 1. The fourth-order valence-corrected chi connectivity index (χ4v) is 2.84. The van der Waals surface area contributed by atoms with Gasteiger partial charge in [-0.1, -0.05) is 37.3 Å². The summed E-state index contributed by atoms with van der Waals surface area (Å²) in [5, 5.41) is 2.76. The molecule has 0 fully saturated rings. The standard InChI is InChI=1S/C20H23FN2O3/c1-2-23(12-16-14-25-18-9-5-6-10-19(18)26-16)13-20(24)22-11-15-7-3-4-8-17(15)21/h3-10,16H,2,11-14H2,1H3,(H,22,24). The highest BCUT2D eigenvalue weighted by atomic mass is 19.1. The summed E-state index contributed by atoms with van der Waals surface area (Å²) < 4.78 is 25.3. The monoisotopic (exact) mass is 358 g/mol. The van der Waals surface area contributed by atoms with E-state index in [4.69, 9.17) is 9.47 Å². The molecule has 0 spiro atoms. The number of hydrogen-bond acceptors (Lipinski definition) is 4. The lowest BCUT2D eigenvalue weighted by Gasteiger charge is -2.30. The Bertz CT molecular complexity index is 753. The second-order valence-electron chi connectivity index (χ2n) is 6.19. The van der Waals surface area contributed by atoms with Gasteiger partial charge in [0.05, 0.1) is 6.54 Å². The summed E-state index contributed by atoms with van der Waals surface area (Å²) in [7, 11) is 0. The van der Waals surface area contributed by atoms with Crippen molar-refractivity contribution in [3.8, 4) is 11.5 Å². The van der Waals surface area contributed by atoms with Crippen molar-refractivity contribution in [2.45, 2.75) is 19.6 Å². The van der Waals surface area contributed by atoms with Crippen LogP contribution in [-0.4, -0.2) is 43.2 Å². The lowest BCUT2D eigenvalue weighted by atomic mass is 10.2. The molecular weight excluding hydrogens is 335 g/mol. The van der Waals surface area contributed by atoms with E-state index in [-0.39, 0.29) is 30.9 Å². The minimum atomic E-state index is -0.313. The molecule has 0 aromatic heterocycles. The second-order valence-corrected chi connectivity index (χ2v) is 6.19. The molecule has 6 heteroatoms. The van der Waals surface area contributed by atoms with E-state index in [2.05, 4.69) is 5.32 Å². The predicted octanol–water partition coefficient (Wildman–Crippen LogP) is 2.60. The molecule has 5 nitrogen and oxygen atoms in total. The summed E-state index contributed by atoms with van der Waals surface area (Å²) in [6.07, 6.45) is -0.135. The maximum atomic E-state index is 13.6. The third-order valence-corrected chi connectivity index (χ3v) is 4.28. The van der Waals surface area contributed by atoms with Gasteiger partial charge < -0.3 is 14.8 Å². The van der Waals surface area contributed by atoms with Gasteiger partial charge in [0.15, 0.2) is 11.5 Å². The molecule has 1 aliphatic heterocycles. The van der Waals surface area contributed by atoms with Gasteiger partial charge in [-0.15, -0.1) is 0 Å². The average molecular weight is 358 g/mol. The summed E-state index contributed by atoms with van der Waals surface area (Å²) in [6.45, 7) is 4.13. The van der Waals surface area contributed by atoms with Gasteiger partial charge in [0, 0.05) is 18.7 Å². The smallest absolute Gasteiger partial charge is 0.234 e. The Kier molecular flexibility index (Phi) is 6.07. The van der Waals surface area contributed by atoms with Crippen molar-refractivity contribution in [1.29, 1.82) is 0 Å². The summed E-state index contributed by atoms with van der Waals surface area (Å²) >= 11 is 0. The first-order chi connectivity index (χ1) is 12.7. The second kappa shape index (κ2) is 8.67. The molecule has 2 aromatic rings. The van der Waals surface area contributed by atoms with E-state index < -0.39 is 0 Å². The lowest BCUT2D eigenvalue weighted by molar-refractivity contribution is -0.122. The molecule has 1 unspecified atom stereocenters. The molecule has 0 saturated carbocycles. The number of carbonyl (C=O) groups is 1. The van der Waals surface area contributed by atoms with Gasteiger partial charge in [-0.05, 0) is 24.7 Å². The Hall–Kier alpha value is -2.60. The lowest BCUT2D eigenvalue weighted by Crippen LogP contribution is -2.44. The van der Waals surface area contributed by atoms with E-state index in [0.717, 1.165) is 11.5 Å². The van der Waals surface area contributed by atoms with Crippen LogP contribution in [0, 0.1) is 5.82 Å². The molecular formula is C20H23FN2O3. The zero-order valence-electron chi connectivity index (χ0n) is 14.8. The third-order valence-electron chi connectivity index (χ3n) is 4.28. The summed E-state index contributed by atoms with van der Waals surface area (Å²) in [4.78, 5) is 14.2.